The van der Waals surface area contributed by atoms with Crippen LogP contribution in [-0.4, -0.2) is 18.6 Å². The molecule has 0 aliphatic rings. The normalized spacial score (nSPS) is 12.9. The highest BCUT2D eigenvalue weighted by Gasteiger charge is 2.23. The van der Waals surface area contributed by atoms with E-state index in [-0.39, 0.29) is 23.8 Å². The maximum atomic E-state index is 12.1. The summed E-state index contributed by atoms with van der Waals surface area (Å²) < 4.78 is 5.61. The van der Waals surface area contributed by atoms with E-state index in [9.17, 15) is 4.79 Å². The van der Waals surface area contributed by atoms with Crippen LogP contribution in [0.5, 0.6) is 5.75 Å². The summed E-state index contributed by atoms with van der Waals surface area (Å²) in [5.74, 6) is 0.486. The number of halogens is 1. The highest BCUT2D eigenvalue weighted by atomic mass is 35.5. The van der Waals surface area contributed by atoms with Gasteiger partial charge in [0.15, 0.2) is 0 Å². The fourth-order valence-electron chi connectivity index (χ4n) is 1.64. The first-order chi connectivity index (χ1) is 9.74. The molecule has 5 heteroatoms. The van der Waals surface area contributed by atoms with E-state index in [0.29, 0.717) is 23.1 Å². The fourth-order valence-corrected chi connectivity index (χ4v) is 1.82. The van der Waals surface area contributed by atoms with Crippen molar-refractivity contribution in [2.45, 2.75) is 46.6 Å². The molecular formula is C16H25ClN2O2. The Hall–Kier alpha value is -1.26. The number of carbonyl (C=O) groups is 1. The van der Waals surface area contributed by atoms with Crippen LogP contribution in [0.4, 0.5) is 5.69 Å². The quantitative estimate of drug-likeness (QED) is 0.839. The van der Waals surface area contributed by atoms with E-state index >= 15 is 0 Å². The molecule has 1 aromatic carbocycles. The number of carbonyl (C=O) groups excluding carboxylic acids is 1. The second-order valence-electron chi connectivity index (χ2n) is 6.21. The summed E-state index contributed by atoms with van der Waals surface area (Å²) in [5.41, 5.74) is 6.50. The number of benzene rings is 1. The van der Waals surface area contributed by atoms with Crippen LogP contribution < -0.4 is 15.8 Å². The molecule has 118 valence electrons. The standard InChI is InChI=1S/C16H25ClN2O2/c1-5-8-21-13-7-6-11(17)9-12(13)19-15(20)10-14(18)16(2,3)4/h6-7,9,14H,5,8,10,18H2,1-4H3,(H,19,20). The van der Waals surface area contributed by atoms with Gasteiger partial charge in [0.1, 0.15) is 5.75 Å². The van der Waals surface area contributed by atoms with Gasteiger partial charge in [0.2, 0.25) is 5.91 Å². The lowest BCUT2D eigenvalue weighted by molar-refractivity contribution is -0.117. The van der Waals surface area contributed by atoms with Crippen molar-refractivity contribution in [2.75, 3.05) is 11.9 Å². The van der Waals surface area contributed by atoms with Crippen LogP contribution in [0.1, 0.15) is 40.5 Å². The number of amides is 1. The van der Waals surface area contributed by atoms with Gasteiger partial charge in [0.25, 0.3) is 0 Å². The van der Waals surface area contributed by atoms with Crippen LogP contribution in [0.25, 0.3) is 0 Å². The summed E-state index contributed by atoms with van der Waals surface area (Å²) >= 11 is 5.98. The monoisotopic (exact) mass is 312 g/mol. The van der Waals surface area contributed by atoms with Gasteiger partial charge in [-0.25, -0.2) is 0 Å². The van der Waals surface area contributed by atoms with Gasteiger partial charge in [-0.3, -0.25) is 4.79 Å². The molecule has 0 heterocycles. The Balaban J connectivity index is 2.77. The summed E-state index contributed by atoms with van der Waals surface area (Å²) in [5, 5.41) is 3.39. The summed E-state index contributed by atoms with van der Waals surface area (Å²) in [6.45, 7) is 8.66. The Morgan fingerprint density at radius 3 is 2.67 bits per heavy atom. The number of hydrogen-bond acceptors (Lipinski definition) is 3. The minimum atomic E-state index is -0.211. The lowest BCUT2D eigenvalue weighted by Gasteiger charge is -2.26. The van der Waals surface area contributed by atoms with E-state index < -0.39 is 0 Å². The molecule has 1 aromatic rings. The second-order valence-corrected chi connectivity index (χ2v) is 6.65. The van der Waals surface area contributed by atoms with Gasteiger partial charge in [0.05, 0.1) is 12.3 Å². The van der Waals surface area contributed by atoms with E-state index in [0.717, 1.165) is 6.42 Å². The van der Waals surface area contributed by atoms with Crippen LogP contribution >= 0.6 is 11.6 Å². The molecule has 0 spiro atoms. The molecule has 0 bridgehead atoms. The van der Waals surface area contributed by atoms with E-state index in [1.165, 1.54) is 0 Å². The number of anilines is 1. The predicted molar refractivity (Wildman–Crippen MR) is 87.9 cm³/mol. The van der Waals surface area contributed by atoms with Crippen LogP contribution in [0.15, 0.2) is 18.2 Å². The number of nitrogens with one attached hydrogen (secondary N) is 1. The first-order valence-corrected chi connectivity index (χ1v) is 7.59. The van der Waals surface area contributed by atoms with Crippen LogP contribution in [0, 0.1) is 5.41 Å². The molecule has 0 fully saturated rings. The van der Waals surface area contributed by atoms with Crippen molar-refractivity contribution in [1.82, 2.24) is 0 Å². The highest BCUT2D eigenvalue weighted by molar-refractivity contribution is 6.31. The maximum absolute atomic E-state index is 12.1. The van der Waals surface area contributed by atoms with Crippen molar-refractivity contribution in [1.29, 1.82) is 0 Å². The average molecular weight is 313 g/mol. The summed E-state index contributed by atoms with van der Waals surface area (Å²) in [7, 11) is 0. The molecule has 21 heavy (non-hydrogen) atoms. The third-order valence-electron chi connectivity index (χ3n) is 3.20. The Bertz CT molecular complexity index is 484. The molecule has 0 aliphatic heterocycles. The van der Waals surface area contributed by atoms with E-state index in [1.54, 1.807) is 18.2 Å². The van der Waals surface area contributed by atoms with Crippen molar-refractivity contribution in [2.24, 2.45) is 11.1 Å². The topological polar surface area (TPSA) is 64.3 Å². The molecule has 0 saturated heterocycles. The number of rotatable bonds is 6. The molecule has 0 radical (unpaired) electrons. The predicted octanol–water partition coefficient (Wildman–Crippen LogP) is 3.83. The number of nitrogens with two attached hydrogens (primary N) is 1. The lowest BCUT2D eigenvalue weighted by Crippen LogP contribution is -2.38. The van der Waals surface area contributed by atoms with E-state index in [4.69, 9.17) is 22.1 Å². The third kappa shape index (κ3) is 5.94. The van der Waals surface area contributed by atoms with Crippen molar-refractivity contribution in [3.05, 3.63) is 23.2 Å². The van der Waals surface area contributed by atoms with Crippen LogP contribution in [-0.2, 0) is 4.79 Å². The number of hydrogen-bond donors (Lipinski definition) is 2. The Kier molecular flexibility index (Phi) is 6.49. The van der Waals surface area contributed by atoms with Crippen LogP contribution in [0.3, 0.4) is 0 Å². The highest BCUT2D eigenvalue weighted by Crippen LogP contribution is 2.29. The molecule has 0 aromatic heterocycles. The molecular weight excluding hydrogens is 288 g/mol. The van der Waals surface area contributed by atoms with Crippen LogP contribution in [0.2, 0.25) is 5.02 Å². The minimum Gasteiger partial charge on any atom is -0.491 e. The zero-order valence-corrected chi connectivity index (χ0v) is 14.0. The summed E-state index contributed by atoms with van der Waals surface area (Å²) in [4.78, 5) is 12.1. The zero-order chi connectivity index (χ0) is 16.0. The van der Waals surface area contributed by atoms with E-state index in [1.807, 2.05) is 27.7 Å². The SMILES string of the molecule is CCCOc1ccc(Cl)cc1NC(=O)CC(N)C(C)(C)C. The van der Waals surface area contributed by atoms with Crippen molar-refractivity contribution in [3.63, 3.8) is 0 Å². The Labute approximate surface area is 132 Å². The summed E-state index contributed by atoms with van der Waals surface area (Å²) in [6.07, 6.45) is 1.15. The maximum Gasteiger partial charge on any atom is 0.226 e. The lowest BCUT2D eigenvalue weighted by atomic mass is 9.85. The molecule has 0 saturated carbocycles. The molecule has 1 unspecified atom stereocenters. The third-order valence-corrected chi connectivity index (χ3v) is 3.43. The summed E-state index contributed by atoms with van der Waals surface area (Å²) in [6, 6.07) is 4.98. The first kappa shape index (κ1) is 17.8. The van der Waals surface area contributed by atoms with Crippen molar-refractivity contribution in [3.8, 4) is 5.75 Å². The Morgan fingerprint density at radius 1 is 1.43 bits per heavy atom. The van der Waals surface area contributed by atoms with E-state index in [2.05, 4.69) is 5.32 Å². The largest absolute Gasteiger partial charge is 0.491 e. The number of ether oxygens (including phenoxy) is 1. The average Bonchev–Trinajstić information content (AvgIpc) is 2.36. The fraction of sp³-hybridized carbons (Fsp3) is 0.562. The zero-order valence-electron chi connectivity index (χ0n) is 13.2. The Morgan fingerprint density at radius 2 is 2.10 bits per heavy atom. The molecule has 1 amide bonds. The van der Waals surface area contributed by atoms with Gasteiger partial charge in [-0.2, -0.15) is 0 Å². The second kappa shape index (κ2) is 7.66. The van der Waals surface area contributed by atoms with Crippen molar-refractivity contribution < 1.29 is 9.53 Å². The van der Waals surface area contributed by atoms with Gasteiger partial charge in [-0.1, -0.05) is 39.3 Å². The molecule has 4 nitrogen and oxygen atoms in total. The molecule has 0 aliphatic carbocycles. The van der Waals surface area contributed by atoms with Gasteiger partial charge in [-0.15, -0.1) is 0 Å². The minimum absolute atomic E-state index is 0.118. The molecule has 3 N–H and O–H groups in total. The first-order valence-electron chi connectivity index (χ1n) is 7.21. The molecule has 1 atom stereocenters. The van der Waals surface area contributed by atoms with Crippen molar-refractivity contribution >= 4 is 23.2 Å². The smallest absolute Gasteiger partial charge is 0.226 e. The van der Waals surface area contributed by atoms with Gasteiger partial charge < -0.3 is 15.8 Å². The van der Waals surface area contributed by atoms with Gasteiger partial charge in [0, 0.05) is 17.5 Å². The molecule has 1 rings (SSSR count). The van der Waals surface area contributed by atoms with Gasteiger partial charge in [-0.05, 0) is 30.0 Å². The van der Waals surface area contributed by atoms with Gasteiger partial charge >= 0.3 is 0 Å².